The van der Waals surface area contributed by atoms with Crippen molar-refractivity contribution in [1.82, 2.24) is 4.57 Å². The van der Waals surface area contributed by atoms with E-state index < -0.39 is 11.2 Å². The van der Waals surface area contributed by atoms with E-state index in [0.717, 1.165) is 25.9 Å². The Morgan fingerprint density at radius 1 is 1.30 bits per heavy atom. The predicted octanol–water partition coefficient (Wildman–Crippen LogP) is 2.15. The molecule has 0 spiro atoms. The van der Waals surface area contributed by atoms with Crippen LogP contribution in [0.15, 0.2) is 23.1 Å². The fourth-order valence-corrected chi connectivity index (χ4v) is 2.77. The van der Waals surface area contributed by atoms with Gasteiger partial charge in [-0.2, -0.15) is 5.26 Å². The number of nitriles is 1. The number of rotatable bonds is 1. The Bertz CT molecular complexity index is 782. The summed E-state index contributed by atoms with van der Waals surface area (Å²) >= 11 is 0. The smallest absolute Gasteiger partial charge is 0.207 e. The van der Waals surface area contributed by atoms with Crippen molar-refractivity contribution < 1.29 is 4.39 Å². The van der Waals surface area contributed by atoms with Crippen molar-refractivity contribution >= 4 is 16.6 Å². The Morgan fingerprint density at radius 2 is 2.00 bits per heavy atom. The van der Waals surface area contributed by atoms with Crippen LogP contribution in [-0.4, -0.2) is 17.7 Å². The summed E-state index contributed by atoms with van der Waals surface area (Å²) in [6.07, 6.45) is 3.61. The Morgan fingerprint density at radius 3 is 2.65 bits per heavy atom. The number of fused-ring (bicyclic) bond motifs is 1. The third-order valence-corrected chi connectivity index (χ3v) is 3.82. The molecule has 0 atom stereocenters. The molecule has 0 aliphatic carbocycles. The Hall–Kier alpha value is -2.35. The minimum absolute atomic E-state index is 0.0355. The van der Waals surface area contributed by atoms with Crippen molar-refractivity contribution in [2.75, 3.05) is 18.0 Å². The highest BCUT2D eigenvalue weighted by Crippen LogP contribution is 2.27. The minimum atomic E-state index is -0.410. The lowest BCUT2D eigenvalue weighted by Crippen LogP contribution is -2.20. The molecule has 2 heterocycles. The summed E-state index contributed by atoms with van der Waals surface area (Å²) in [6, 6.07) is 4.81. The molecule has 1 saturated heterocycles. The SMILES string of the molecule is Cn1cc(C#N)c(=O)c2cc(F)c(N3CCCC3)cc21. The summed E-state index contributed by atoms with van der Waals surface area (Å²) in [7, 11) is 1.76. The number of pyridine rings is 1. The predicted molar refractivity (Wildman–Crippen MR) is 75.3 cm³/mol. The second kappa shape index (κ2) is 4.64. The highest BCUT2D eigenvalue weighted by atomic mass is 19.1. The van der Waals surface area contributed by atoms with Gasteiger partial charge in [-0.25, -0.2) is 4.39 Å². The molecule has 0 N–H and O–H groups in total. The van der Waals surface area contributed by atoms with E-state index in [0.29, 0.717) is 11.2 Å². The van der Waals surface area contributed by atoms with Crippen LogP contribution in [0.5, 0.6) is 0 Å². The van der Waals surface area contributed by atoms with Gasteiger partial charge in [-0.15, -0.1) is 0 Å². The topological polar surface area (TPSA) is 49.0 Å². The molecule has 0 radical (unpaired) electrons. The largest absolute Gasteiger partial charge is 0.369 e. The summed E-state index contributed by atoms with van der Waals surface area (Å²) in [6.45, 7) is 1.68. The van der Waals surface area contributed by atoms with Crippen molar-refractivity contribution in [1.29, 1.82) is 5.26 Å². The molecule has 0 bridgehead atoms. The van der Waals surface area contributed by atoms with E-state index in [1.807, 2.05) is 11.0 Å². The fourth-order valence-electron chi connectivity index (χ4n) is 2.77. The number of halogens is 1. The van der Waals surface area contributed by atoms with Crippen LogP contribution in [0.2, 0.25) is 0 Å². The van der Waals surface area contributed by atoms with Gasteiger partial charge in [0.2, 0.25) is 5.43 Å². The molecule has 0 unspecified atom stereocenters. The number of aromatic nitrogens is 1. The molecule has 3 rings (SSSR count). The highest BCUT2D eigenvalue weighted by Gasteiger charge is 2.18. The second-order valence-electron chi connectivity index (χ2n) is 5.11. The van der Waals surface area contributed by atoms with Crippen LogP contribution in [0.25, 0.3) is 10.9 Å². The number of nitrogens with zero attached hydrogens (tertiary/aromatic N) is 3. The van der Waals surface area contributed by atoms with Gasteiger partial charge in [0.25, 0.3) is 0 Å². The lowest BCUT2D eigenvalue weighted by Gasteiger charge is -2.19. The zero-order valence-corrected chi connectivity index (χ0v) is 11.2. The van der Waals surface area contributed by atoms with E-state index in [-0.39, 0.29) is 10.9 Å². The molecule has 20 heavy (non-hydrogen) atoms. The maximum absolute atomic E-state index is 14.2. The molecule has 5 heteroatoms. The number of aryl methyl sites for hydroxylation is 1. The van der Waals surface area contributed by atoms with Crippen molar-refractivity contribution in [2.45, 2.75) is 12.8 Å². The summed E-state index contributed by atoms with van der Waals surface area (Å²) in [5.41, 5.74) is 0.813. The zero-order chi connectivity index (χ0) is 14.3. The van der Waals surface area contributed by atoms with Gasteiger partial charge in [0.1, 0.15) is 17.4 Å². The maximum atomic E-state index is 14.2. The van der Waals surface area contributed by atoms with Gasteiger partial charge in [-0.3, -0.25) is 4.79 Å². The molecule has 0 saturated carbocycles. The van der Waals surface area contributed by atoms with Gasteiger partial charge in [-0.1, -0.05) is 0 Å². The van der Waals surface area contributed by atoms with Gasteiger partial charge >= 0.3 is 0 Å². The van der Waals surface area contributed by atoms with Gasteiger partial charge in [0, 0.05) is 26.3 Å². The van der Waals surface area contributed by atoms with Gasteiger partial charge in [0.05, 0.1) is 16.6 Å². The molecule has 1 aliphatic heterocycles. The first-order chi connectivity index (χ1) is 9.61. The molecule has 1 aromatic heterocycles. The fraction of sp³-hybridized carbons (Fsp3) is 0.333. The molecule has 2 aromatic rings. The standard InChI is InChI=1S/C15H14FN3O/c1-18-9-10(8-17)15(20)11-6-12(16)14(7-13(11)18)19-4-2-3-5-19/h6-7,9H,2-5H2,1H3. The van der Waals surface area contributed by atoms with E-state index in [2.05, 4.69) is 0 Å². The first-order valence-electron chi connectivity index (χ1n) is 6.60. The number of anilines is 1. The molecular formula is C15H14FN3O. The highest BCUT2D eigenvalue weighted by molar-refractivity contribution is 5.84. The normalized spacial score (nSPS) is 14.8. The first kappa shape index (κ1) is 12.7. The van der Waals surface area contributed by atoms with Crippen LogP contribution in [0.4, 0.5) is 10.1 Å². The molecule has 1 aromatic carbocycles. The van der Waals surface area contributed by atoms with Crippen LogP contribution in [0, 0.1) is 17.1 Å². The van der Waals surface area contributed by atoms with Crippen LogP contribution in [-0.2, 0) is 7.05 Å². The summed E-state index contributed by atoms with van der Waals surface area (Å²) < 4.78 is 15.9. The van der Waals surface area contributed by atoms with E-state index in [1.165, 1.54) is 12.3 Å². The lowest BCUT2D eigenvalue weighted by molar-refractivity contribution is 0.624. The average Bonchev–Trinajstić information content (AvgIpc) is 2.96. The molecule has 4 nitrogen and oxygen atoms in total. The quantitative estimate of drug-likeness (QED) is 0.798. The monoisotopic (exact) mass is 271 g/mol. The molecule has 0 amide bonds. The van der Waals surface area contributed by atoms with E-state index in [9.17, 15) is 9.18 Å². The third-order valence-electron chi connectivity index (χ3n) is 3.82. The molecule has 1 fully saturated rings. The minimum Gasteiger partial charge on any atom is -0.369 e. The lowest BCUT2D eigenvalue weighted by atomic mass is 10.1. The number of hydrogen-bond acceptors (Lipinski definition) is 3. The van der Waals surface area contributed by atoms with Crippen LogP contribution < -0.4 is 10.3 Å². The molecule has 102 valence electrons. The average molecular weight is 271 g/mol. The zero-order valence-electron chi connectivity index (χ0n) is 11.2. The van der Waals surface area contributed by atoms with Crippen LogP contribution in [0.1, 0.15) is 18.4 Å². The van der Waals surface area contributed by atoms with Crippen LogP contribution in [0.3, 0.4) is 0 Å². The Kier molecular flexibility index (Phi) is 2.94. The second-order valence-corrected chi connectivity index (χ2v) is 5.11. The van der Waals surface area contributed by atoms with Crippen LogP contribution >= 0.6 is 0 Å². The Balaban J connectivity index is 2.29. The van der Waals surface area contributed by atoms with Gasteiger partial charge in [0.15, 0.2) is 0 Å². The third kappa shape index (κ3) is 1.85. The number of hydrogen-bond donors (Lipinski definition) is 0. The van der Waals surface area contributed by atoms with Gasteiger partial charge in [-0.05, 0) is 25.0 Å². The van der Waals surface area contributed by atoms with Crippen molar-refractivity contribution in [2.24, 2.45) is 7.05 Å². The summed E-state index contributed by atoms with van der Waals surface area (Å²) in [4.78, 5) is 14.1. The van der Waals surface area contributed by atoms with E-state index >= 15 is 0 Å². The Labute approximate surface area is 115 Å². The van der Waals surface area contributed by atoms with Crippen molar-refractivity contribution in [3.05, 3.63) is 39.9 Å². The number of benzene rings is 1. The molecule has 1 aliphatic rings. The van der Waals surface area contributed by atoms with Crippen molar-refractivity contribution in [3.8, 4) is 6.07 Å². The summed E-state index contributed by atoms with van der Waals surface area (Å²) in [5, 5.41) is 9.19. The molecular weight excluding hydrogens is 257 g/mol. The first-order valence-corrected chi connectivity index (χ1v) is 6.60. The van der Waals surface area contributed by atoms with Gasteiger partial charge < -0.3 is 9.47 Å². The van der Waals surface area contributed by atoms with E-state index in [1.54, 1.807) is 17.7 Å². The maximum Gasteiger partial charge on any atom is 0.207 e. The van der Waals surface area contributed by atoms with Crippen molar-refractivity contribution in [3.63, 3.8) is 0 Å². The van der Waals surface area contributed by atoms with E-state index in [4.69, 9.17) is 5.26 Å². The summed E-state index contributed by atoms with van der Waals surface area (Å²) in [5.74, 6) is -0.397.